The highest BCUT2D eigenvalue weighted by Gasteiger charge is 2.09. The van der Waals surface area contributed by atoms with Gasteiger partial charge in [-0.25, -0.2) is 0 Å². The molecule has 0 bridgehead atoms. The van der Waals surface area contributed by atoms with E-state index in [4.69, 9.17) is 4.42 Å². The molecular formula is C13H10O2S. The molecule has 0 atom stereocenters. The second-order valence-electron chi connectivity index (χ2n) is 3.66. The highest BCUT2D eigenvalue weighted by Crippen LogP contribution is 2.31. The quantitative estimate of drug-likeness (QED) is 0.726. The fourth-order valence-corrected chi connectivity index (χ4v) is 2.55. The molecule has 3 rings (SSSR count). The van der Waals surface area contributed by atoms with Crippen LogP contribution in [0.1, 0.15) is 10.4 Å². The first-order valence-corrected chi connectivity index (χ1v) is 5.93. The van der Waals surface area contributed by atoms with Crippen LogP contribution in [0.2, 0.25) is 0 Å². The van der Waals surface area contributed by atoms with Crippen molar-refractivity contribution in [2.24, 2.45) is 0 Å². The van der Waals surface area contributed by atoms with Crippen molar-refractivity contribution in [3.8, 4) is 5.75 Å². The van der Waals surface area contributed by atoms with Crippen molar-refractivity contribution < 1.29 is 9.52 Å². The Hall–Kier alpha value is -1.74. The summed E-state index contributed by atoms with van der Waals surface area (Å²) in [6.07, 6.45) is 2.37. The smallest absolute Gasteiger partial charge is 0.137 e. The molecule has 2 heterocycles. The normalized spacial score (nSPS) is 11.0. The molecule has 1 N–H and O–H groups in total. The van der Waals surface area contributed by atoms with Crippen LogP contribution in [0.3, 0.4) is 0 Å². The molecule has 0 unspecified atom stereocenters. The lowest BCUT2D eigenvalue weighted by atomic mass is 10.1. The van der Waals surface area contributed by atoms with Gasteiger partial charge in [0.05, 0.1) is 11.6 Å². The second-order valence-corrected chi connectivity index (χ2v) is 4.69. The standard InChI is InChI=1S/C13H10O2S/c14-13-9(8-10-2-1-7-16-10)3-4-12-11(13)5-6-15-12/h1-7,14H,8H2. The van der Waals surface area contributed by atoms with Crippen molar-refractivity contribution in [1.82, 2.24) is 0 Å². The molecule has 0 spiro atoms. The first-order chi connectivity index (χ1) is 7.84. The summed E-state index contributed by atoms with van der Waals surface area (Å²) in [5.41, 5.74) is 1.67. The van der Waals surface area contributed by atoms with Crippen LogP contribution in [0.5, 0.6) is 5.75 Å². The van der Waals surface area contributed by atoms with Crippen molar-refractivity contribution in [2.75, 3.05) is 0 Å². The van der Waals surface area contributed by atoms with E-state index in [1.807, 2.05) is 23.6 Å². The van der Waals surface area contributed by atoms with E-state index >= 15 is 0 Å². The molecule has 2 aromatic heterocycles. The maximum atomic E-state index is 10.1. The summed E-state index contributed by atoms with van der Waals surface area (Å²) in [5.74, 6) is 0.333. The first-order valence-electron chi connectivity index (χ1n) is 5.05. The fourth-order valence-electron chi connectivity index (χ4n) is 1.82. The van der Waals surface area contributed by atoms with Crippen molar-refractivity contribution >= 4 is 22.3 Å². The number of hydrogen-bond donors (Lipinski definition) is 1. The number of rotatable bonds is 2. The number of aromatic hydroxyl groups is 1. The van der Waals surface area contributed by atoms with Crippen LogP contribution < -0.4 is 0 Å². The van der Waals surface area contributed by atoms with Crippen LogP contribution in [0.4, 0.5) is 0 Å². The van der Waals surface area contributed by atoms with E-state index in [-0.39, 0.29) is 0 Å². The molecule has 80 valence electrons. The average Bonchev–Trinajstić information content (AvgIpc) is 2.93. The Kier molecular flexibility index (Phi) is 2.18. The molecule has 0 aliphatic heterocycles. The predicted octanol–water partition coefficient (Wildman–Crippen LogP) is 3.79. The molecule has 2 nitrogen and oxygen atoms in total. The summed E-state index contributed by atoms with van der Waals surface area (Å²) < 4.78 is 5.23. The monoisotopic (exact) mass is 230 g/mol. The van der Waals surface area contributed by atoms with Crippen LogP contribution in [-0.4, -0.2) is 5.11 Å². The number of thiophene rings is 1. The summed E-state index contributed by atoms with van der Waals surface area (Å²) in [5, 5.41) is 12.9. The molecule has 3 heteroatoms. The van der Waals surface area contributed by atoms with Crippen molar-refractivity contribution in [3.05, 3.63) is 52.4 Å². The zero-order chi connectivity index (χ0) is 11.0. The molecule has 3 aromatic rings. The van der Waals surface area contributed by atoms with Gasteiger partial charge in [-0.05, 0) is 29.1 Å². The van der Waals surface area contributed by atoms with Crippen LogP contribution in [-0.2, 0) is 6.42 Å². The molecular weight excluding hydrogens is 220 g/mol. The minimum absolute atomic E-state index is 0.333. The van der Waals surface area contributed by atoms with Crippen LogP contribution in [0.25, 0.3) is 11.0 Å². The van der Waals surface area contributed by atoms with Gasteiger partial charge in [0.1, 0.15) is 11.3 Å². The second kappa shape index (κ2) is 3.68. The molecule has 0 fully saturated rings. The van der Waals surface area contributed by atoms with Gasteiger partial charge >= 0.3 is 0 Å². The Bertz CT molecular complexity index is 608. The van der Waals surface area contributed by atoms with E-state index in [1.165, 1.54) is 4.88 Å². The molecule has 1 aromatic carbocycles. The van der Waals surface area contributed by atoms with E-state index in [1.54, 1.807) is 23.7 Å². The van der Waals surface area contributed by atoms with E-state index in [0.717, 1.165) is 23.0 Å². The van der Waals surface area contributed by atoms with Crippen molar-refractivity contribution in [3.63, 3.8) is 0 Å². The Labute approximate surface area is 96.8 Å². The Morgan fingerprint density at radius 3 is 2.94 bits per heavy atom. The predicted molar refractivity (Wildman–Crippen MR) is 65.0 cm³/mol. The number of fused-ring (bicyclic) bond motifs is 1. The number of phenolic OH excluding ortho intramolecular Hbond substituents is 1. The average molecular weight is 230 g/mol. The van der Waals surface area contributed by atoms with Crippen molar-refractivity contribution in [1.29, 1.82) is 0 Å². The molecule has 0 saturated heterocycles. The molecule has 0 radical (unpaired) electrons. The topological polar surface area (TPSA) is 33.4 Å². The molecule has 0 aliphatic carbocycles. The van der Waals surface area contributed by atoms with Gasteiger partial charge in [0, 0.05) is 11.3 Å². The minimum atomic E-state index is 0.333. The van der Waals surface area contributed by atoms with Gasteiger partial charge < -0.3 is 9.52 Å². The van der Waals surface area contributed by atoms with Crippen molar-refractivity contribution in [2.45, 2.75) is 6.42 Å². The highest BCUT2D eigenvalue weighted by atomic mass is 32.1. The maximum absolute atomic E-state index is 10.1. The summed E-state index contributed by atoms with van der Waals surface area (Å²) >= 11 is 1.70. The summed E-state index contributed by atoms with van der Waals surface area (Å²) in [4.78, 5) is 1.25. The summed E-state index contributed by atoms with van der Waals surface area (Å²) in [6.45, 7) is 0. The zero-order valence-corrected chi connectivity index (χ0v) is 9.33. The summed E-state index contributed by atoms with van der Waals surface area (Å²) in [7, 11) is 0. The molecule has 0 aliphatic rings. The SMILES string of the molecule is Oc1c(Cc2cccs2)ccc2occc12. The fraction of sp³-hybridized carbons (Fsp3) is 0.0769. The van der Waals surface area contributed by atoms with Crippen LogP contribution >= 0.6 is 11.3 Å². The first kappa shape index (κ1) is 9.48. The largest absolute Gasteiger partial charge is 0.507 e. The Morgan fingerprint density at radius 1 is 1.19 bits per heavy atom. The Morgan fingerprint density at radius 2 is 2.12 bits per heavy atom. The highest BCUT2D eigenvalue weighted by molar-refractivity contribution is 7.09. The van der Waals surface area contributed by atoms with E-state index in [2.05, 4.69) is 6.07 Å². The third kappa shape index (κ3) is 1.49. The van der Waals surface area contributed by atoms with E-state index < -0.39 is 0 Å². The molecule has 0 saturated carbocycles. The van der Waals surface area contributed by atoms with Crippen LogP contribution in [0, 0.1) is 0 Å². The lowest BCUT2D eigenvalue weighted by Gasteiger charge is -2.03. The maximum Gasteiger partial charge on any atom is 0.137 e. The minimum Gasteiger partial charge on any atom is -0.507 e. The lowest BCUT2D eigenvalue weighted by Crippen LogP contribution is -1.85. The number of phenols is 1. The van der Waals surface area contributed by atoms with Gasteiger partial charge in [-0.3, -0.25) is 0 Å². The number of furan rings is 1. The van der Waals surface area contributed by atoms with Gasteiger partial charge in [0.2, 0.25) is 0 Å². The van der Waals surface area contributed by atoms with Crippen LogP contribution in [0.15, 0.2) is 46.4 Å². The summed E-state index contributed by atoms with van der Waals surface area (Å²) in [6, 6.07) is 9.71. The van der Waals surface area contributed by atoms with Gasteiger partial charge in [-0.1, -0.05) is 12.1 Å². The number of hydrogen-bond acceptors (Lipinski definition) is 3. The Balaban J connectivity index is 2.07. The van der Waals surface area contributed by atoms with Gasteiger partial charge in [0.15, 0.2) is 0 Å². The van der Waals surface area contributed by atoms with E-state index in [9.17, 15) is 5.11 Å². The molecule has 0 amide bonds. The zero-order valence-electron chi connectivity index (χ0n) is 8.51. The lowest BCUT2D eigenvalue weighted by molar-refractivity contribution is 0.475. The van der Waals surface area contributed by atoms with Gasteiger partial charge in [-0.2, -0.15) is 0 Å². The third-order valence-electron chi connectivity index (χ3n) is 2.64. The third-order valence-corrected chi connectivity index (χ3v) is 3.51. The van der Waals surface area contributed by atoms with Gasteiger partial charge in [0.25, 0.3) is 0 Å². The van der Waals surface area contributed by atoms with E-state index in [0.29, 0.717) is 5.75 Å². The number of benzene rings is 1. The molecule has 16 heavy (non-hydrogen) atoms. The van der Waals surface area contributed by atoms with Gasteiger partial charge in [-0.15, -0.1) is 11.3 Å².